The van der Waals surface area contributed by atoms with Crippen LogP contribution in [0, 0.1) is 5.92 Å². The Balaban J connectivity index is 2.58. The van der Waals surface area contributed by atoms with Gasteiger partial charge in [0.15, 0.2) is 0 Å². The summed E-state index contributed by atoms with van der Waals surface area (Å²) in [5, 5.41) is 5.89. The zero-order valence-electron chi connectivity index (χ0n) is 11.9. The van der Waals surface area contributed by atoms with E-state index < -0.39 is 0 Å². The molecule has 0 fully saturated rings. The quantitative estimate of drug-likeness (QED) is 0.791. The first kappa shape index (κ1) is 15.1. The summed E-state index contributed by atoms with van der Waals surface area (Å²) in [6, 6.07) is 5.41. The molecule has 0 saturated carbocycles. The fourth-order valence-corrected chi connectivity index (χ4v) is 1.51. The zero-order chi connectivity index (χ0) is 14.3. The lowest BCUT2D eigenvalue weighted by Crippen LogP contribution is -2.32. The highest BCUT2D eigenvalue weighted by Gasteiger charge is 2.07. The molecule has 106 valence electrons. The van der Waals surface area contributed by atoms with E-state index in [1.54, 1.807) is 26.4 Å². The largest absolute Gasteiger partial charge is 0.497 e. The second-order valence-electron chi connectivity index (χ2n) is 4.62. The number of carbonyl (C=O) groups is 1. The van der Waals surface area contributed by atoms with Crippen LogP contribution in [0.2, 0.25) is 0 Å². The Hall–Kier alpha value is -1.91. The molecular weight excluding hydrogens is 244 g/mol. The Morgan fingerprint density at radius 1 is 1.26 bits per heavy atom. The maximum absolute atomic E-state index is 11.6. The minimum absolute atomic E-state index is 0.0430. The fourth-order valence-electron chi connectivity index (χ4n) is 1.51. The van der Waals surface area contributed by atoms with E-state index in [0.717, 1.165) is 5.69 Å². The summed E-state index contributed by atoms with van der Waals surface area (Å²) in [7, 11) is 3.19. The van der Waals surface area contributed by atoms with Crippen molar-refractivity contribution in [2.45, 2.75) is 13.8 Å². The van der Waals surface area contributed by atoms with Crippen molar-refractivity contribution < 1.29 is 14.3 Å². The Morgan fingerprint density at radius 2 is 2.00 bits per heavy atom. The van der Waals surface area contributed by atoms with Gasteiger partial charge in [0.1, 0.15) is 11.5 Å². The zero-order valence-corrected chi connectivity index (χ0v) is 11.9. The summed E-state index contributed by atoms with van der Waals surface area (Å²) in [5.74, 6) is 1.79. The van der Waals surface area contributed by atoms with Crippen molar-refractivity contribution in [3.05, 3.63) is 18.2 Å². The molecule has 0 saturated heterocycles. The van der Waals surface area contributed by atoms with Crippen molar-refractivity contribution in [2.24, 2.45) is 5.92 Å². The fraction of sp³-hybridized carbons (Fsp3) is 0.500. The van der Waals surface area contributed by atoms with Crippen molar-refractivity contribution >= 4 is 11.6 Å². The Labute approximate surface area is 114 Å². The van der Waals surface area contributed by atoms with Crippen LogP contribution in [0.15, 0.2) is 18.2 Å². The smallest absolute Gasteiger partial charge is 0.239 e. The van der Waals surface area contributed by atoms with Crippen LogP contribution in [-0.4, -0.2) is 33.2 Å². The number of rotatable bonds is 7. The molecule has 19 heavy (non-hydrogen) atoms. The highest BCUT2D eigenvalue weighted by atomic mass is 16.5. The first-order valence-corrected chi connectivity index (χ1v) is 6.29. The average molecular weight is 266 g/mol. The maximum atomic E-state index is 11.6. The van der Waals surface area contributed by atoms with Gasteiger partial charge in [-0.15, -0.1) is 0 Å². The normalized spacial score (nSPS) is 10.2. The molecule has 0 radical (unpaired) electrons. The van der Waals surface area contributed by atoms with Crippen molar-refractivity contribution in [2.75, 3.05) is 32.6 Å². The summed E-state index contributed by atoms with van der Waals surface area (Å²) in [6.07, 6.45) is 0. The molecule has 2 N–H and O–H groups in total. The highest BCUT2D eigenvalue weighted by molar-refractivity contribution is 5.81. The van der Waals surface area contributed by atoms with E-state index in [1.165, 1.54) is 0 Å². The van der Waals surface area contributed by atoms with Gasteiger partial charge in [0.2, 0.25) is 5.91 Å². The van der Waals surface area contributed by atoms with Gasteiger partial charge < -0.3 is 20.1 Å². The van der Waals surface area contributed by atoms with Gasteiger partial charge in [-0.05, 0) is 18.1 Å². The molecule has 1 aromatic rings. The van der Waals surface area contributed by atoms with E-state index in [1.807, 2.05) is 6.07 Å². The van der Waals surface area contributed by atoms with E-state index in [-0.39, 0.29) is 12.5 Å². The number of methoxy groups -OCH3 is 2. The van der Waals surface area contributed by atoms with Crippen LogP contribution in [0.5, 0.6) is 11.5 Å². The standard InChI is InChI=1S/C14H22N2O3/c1-10(2)8-16-14(17)9-15-12-7-11(18-3)5-6-13(12)19-4/h5-7,10,15H,8-9H2,1-4H3,(H,16,17). The highest BCUT2D eigenvalue weighted by Crippen LogP contribution is 2.28. The number of ether oxygens (including phenoxy) is 2. The van der Waals surface area contributed by atoms with Gasteiger partial charge >= 0.3 is 0 Å². The van der Waals surface area contributed by atoms with Crippen LogP contribution >= 0.6 is 0 Å². The molecule has 1 rings (SSSR count). The predicted octanol–water partition coefficient (Wildman–Crippen LogP) is 1.89. The summed E-state index contributed by atoms with van der Waals surface area (Å²) < 4.78 is 10.4. The van der Waals surface area contributed by atoms with Crippen LogP contribution in [-0.2, 0) is 4.79 Å². The van der Waals surface area contributed by atoms with Crippen molar-refractivity contribution in [1.82, 2.24) is 5.32 Å². The lowest BCUT2D eigenvalue weighted by molar-refractivity contribution is -0.119. The summed E-state index contributed by atoms with van der Waals surface area (Å²) >= 11 is 0. The van der Waals surface area contributed by atoms with E-state index in [2.05, 4.69) is 24.5 Å². The first-order chi connectivity index (χ1) is 9.06. The Kier molecular flexibility index (Phi) is 5.99. The molecule has 5 heteroatoms. The van der Waals surface area contributed by atoms with Gasteiger partial charge in [-0.1, -0.05) is 13.8 Å². The number of amides is 1. The lowest BCUT2D eigenvalue weighted by atomic mass is 10.2. The maximum Gasteiger partial charge on any atom is 0.239 e. The summed E-state index contributed by atoms with van der Waals surface area (Å²) in [4.78, 5) is 11.6. The molecule has 0 aliphatic heterocycles. The third-order valence-electron chi connectivity index (χ3n) is 2.55. The summed E-state index contributed by atoms with van der Waals surface area (Å²) in [6.45, 7) is 4.99. The molecule has 0 aliphatic rings. The molecular formula is C14H22N2O3. The van der Waals surface area contributed by atoms with E-state index in [4.69, 9.17) is 9.47 Å². The number of hydrogen-bond acceptors (Lipinski definition) is 4. The van der Waals surface area contributed by atoms with Crippen LogP contribution in [0.1, 0.15) is 13.8 Å². The monoisotopic (exact) mass is 266 g/mol. The van der Waals surface area contributed by atoms with Crippen molar-refractivity contribution in [1.29, 1.82) is 0 Å². The minimum atomic E-state index is -0.0430. The third-order valence-corrected chi connectivity index (χ3v) is 2.55. The third kappa shape index (κ3) is 5.07. The van der Waals surface area contributed by atoms with E-state index in [0.29, 0.717) is 24.0 Å². The SMILES string of the molecule is COc1ccc(OC)c(NCC(=O)NCC(C)C)c1. The van der Waals surface area contributed by atoms with Crippen LogP contribution in [0.4, 0.5) is 5.69 Å². The first-order valence-electron chi connectivity index (χ1n) is 6.29. The van der Waals surface area contributed by atoms with Gasteiger partial charge in [-0.25, -0.2) is 0 Å². The lowest BCUT2D eigenvalue weighted by Gasteiger charge is -2.13. The number of hydrogen-bond donors (Lipinski definition) is 2. The molecule has 1 aromatic carbocycles. The molecule has 0 atom stereocenters. The molecule has 1 amide bonds. The number of anilines is 1. The van der Waals surface area contributed by atoms with Crippen LogP contribution in [0.25, 0.3) is 0 Å². The molecule has 0 unspecified atom stereocenters. The van der Waals surface area contributed by atoms with Crippen molar-refractivity contribution in [3.63, 3.8) is 0 Å². The van der Waals surface area contributed by atoms with E-state index >= 15 is 0 Å². The van der Waals surface area contributed by atoms with Gasteiger partial charge in [0.05, 0.1) is 26.5 Å². The average Bonchev–Trinajstić information content (AvgIpc) is 2.42. The van der Waals surface area contributed by atoms with Gasteiger partial charge in [-0.2, -0.15) is 0 Å². The van der Waals surface area contributed by atoms with Gasteiger partial charge in [0, 0.05) is 12.6 Å². The van der Waals surface area contributed by atoms with E-state index in [9.17, 15) is 4.79 Å². The summed E-state index contributed by atoms with van der Waals surface area (Å²) in [5.41, 5.74) is 0.738. The second-order valence-corrected chi connectivity index (χ2v) is 4.62. The van der Waals surface area contributed by atoms with Gasteiger partial charge in [0.25, 0.3) is 0 Å². The number of nitrogens with one attached hydrogen (secondary N) is 2. The molecule has 0 bridgehead atoms. The number of benzene rings is 1. The van der Waals surface area contributed by atoms with Gasteiger partial charge in [-0.3, -0.25) is 4.79 Å². The minimum Gasteiger partial charge on any atom is -0.497 e. The van der Waals surface area contributed by atoms with Crippen LogP contribution < -0.4 is 20.1 Å². The van der Waals surface area contributed by atoms with Crippen molar-refractivity contribution in [3.8, 4) is 11.5 Å². The molecule has 0 aromatic heterocycles. The molecule has 0 aliphatic carbocycles. The Bertz CT molecular complexity index is 419. The molecule has 0 spiro atoms. The van der Waals surface area contributed by atoms with Crippen LogP contribution in [0.3, 0.4) is 0 Å². The second kappa shape index (κ2) is 7.51. The Morgan fingerprint density at radius 3 is 2.58 bits per heavy atom. The molecule has 5 nitrogen and oxygen atoms in total. The predicted molar refractivity (Wildman–Crippen MR) is 75.9 cm³/mol. The topological polar surface area (TPSA) is 59.6 Å². The number of carbonyl (C=O) groups excluding carboxylic acids is 1. The molecule has 0 heterocycles.